The van der Waals surface area contributed by atoms with Crippen LogP contribution in [0.25, 0.3) is 0 Å². The summed E-state index contributed by atoms with van der Waals surface area (Å²) in [6.07, 6.45) is 6.86. The van der Waals surface area contributed by atoms with Crippen LogP contribution in [-0.4, -0.2) is 26.3 Å². The summed E-state index contributed by atoms with van der Waals surface area (Å²) in [5.74, 6) is 0.904. The number of methoxy groups -OCH3 is 1. The van der Waals surface area contributed by atoms with Crippen molar-refractivity contribution in [1.29, 1.82) is 0 Å². The van der Waals surface area contributed by atoms with Crippen molar-refractivity contribution in [1.82, 2.24) is 5.32 Å². The van der Waals surface area contributed by atoms with Crippen LogP contribution in [0.2, 0.25) is 0 Å². The molecule has 1 fully saturated rings. The van der Waals surface area contributed by atoms with Gasteiger partial charge in [-0.25, -0.2) is 0 Å². The molecule has 1 rings (SSSR count). The van der Waals surface area contributed by atoms with Crippen molar-refractivity contribution in [3.05, 3.63) is 0 Å². The maximum absolute atomic E-state index is 5.08. The molecule has 1 aliphatic carbocycles. The monoisotopic (exact) mass is 227 g/mol. The maximum atomic E-state index is 5.08. The number of nitrogens with one attached hydrogen (secondary N) is 1. The molecule has 1 aliphatic rings. The number of rotatable bonds is 4. The topological polar surface area (TPSA) is 21.3 Å². The Labute approximate surface area is 101 Å². The van der Waals surface area contributed by atoms with Crippen LogP contribution in [0.1, 0.15) is 52.9 Å². The van der Waals surface area contributed by atoms with Gasteiger partial charge in [0, 0.05) is 19.7 Å². The summed E-state index contributed by atoms with van der Waals surface area (Å²) in [5, 5.41) is 3.61. The molecule has 0 aromatic carbocycles. The molecule has 1 saturated carbocycles. The minimum atomic E-state index is 0.488. The average Bonchev–Trinajstić information content (AvgIpc) is 2.43. The molecule has 2 heteroatoms. The normalized spacial score (nSPS) is 27.8. The fourth-order valence-corrected chi connectivity index (χ4v) is 2.74. The van der Waals surface area contributed by atoms with Crippen LogP contribution in [0.15, 0.2) is 0 Å². The molecule has 16 heavy (non-hydrogen) atoms. The van der Waals surface area contributed by atoms with E-state index in [0.717, 1.165) is 25.1 Å². The Morgan fingerprint density at radius 1 is 1.12 bits per heavy atom. The van der Waals surface area contributed by atoms with Gasteiger partial charge in [-0.3, -0.25) is 0 Å². The molecule has 0 spiro atoms. The molecule has 0 bridgehead atoms. The Morgan fingerprint density at radius 2 is 1.88 bits per heavy atom. The first-order chi connectivity index (χ1) is 7.54. The summed E-state index contributed by atoms with van der Waals surface area (Å²) in [6.45, 7) is 8.99. The molecule has 2 unspecified atom stereocenters. The van der Waals surface area contributed by atoms with Gasteiger partial charge in [0.2, 0.25) is 0 Å². The fourth-order valence-electron chi connectivity index (χ4n) is 2.74. The van der Waals surface area contributed by atoms with E-state index < -0.39 is 0 Å². The quantitative estimate of drug-likeness (QED) is 0.588. The smallest absolute Gasteiger partial charge is 0.0587 e. The van der Waals surface area contributed by atoms with Gasteiger partial charge in [0.1, 0.15) is 0 Å². The first-order valence-corrected chi connectivity index (χ1v) is 6.76. The van der Waals surface area contributed by atoms with Crippen molar-refractivity contribution < 1.29 is 4.74 Å². The van der Waals surface area contributed by atoms with E-state index in [1.165, 1.54) is 32.1 Å². The minimum absolute atomic E-state index is 0.488. The van der Waals surface area contributed by atoms with Crippen LogP contribution in [0, 0.1) is 11.3 Å². The van der Waals surface area contributed by atoms with Crippen molar-refractivity contribution >= 4 is 0 Å². The highest BCUT2D eigenvalue weighted by atomic mass is 16.5. The molecule has 2 nitrogen and oxygen atoms in total. The molecule has 1 N–H and O–H groups in total. The average molecular weight is 227 g/mol. The molecule has 0 aliphatic heterocycles. The minimum Gasteiger partial charge on any atom is -0.383 e. The molecule has 0 saturated heterocycles. The van der Waals surface area contributed by atoms with Gasteiger partial charge in [-0.1, -0.05) is 27.2 Å². The summed E-state index contributed by atoms with van der Waals surface area (Å²) in [5.41, 5.74) is 0.488. The highest BCUT2D eigenvalue weighted by Gasteiger charge is 2.27. The highest BCUT2D eigenvalue weighted by Crippen LogP contribution is 2.36. The van der Waals surface area contributed by atoms with Crippen molar-refractivity contribution in [2.24, 2.45) is 11.3 Å². The molecule has 0 radical (unpaired) electrons. The number of ether oxygens (including phenoxy) is 1. The Balaban J connectivity index is 2.29. The van der Waals surface area contributed by atoms with E-state index in [1.807, 2.05) is 0 Å². The summed E-state index contributed by atoms with van der Waals surface area (Å²) >= 11 is 0. The van der Waals surface area contributed by atoms with E-state index in [-0.39, 0.29) is 0 Å². The van der Waals surface area contributed by atoms with E-state index in [1.54, 1.807) is 7.11 Å². The molecular weight excluding hydrogens is 198 g/mol. The molecule has 2 atom stereocenters. The van der Waals surface area contributed by atoms with Crippen LogP contribution in [-0.2, 0) is 4.74 Å². The Bertz CT molecular complexity index is 186. The molecule has 0 aromatic rings. The van der Waals surface area contributed by atoms with E-state index in [2.05, 4.69) is 26.1 Å². The Hall–Kier alpha value is -0.0800. The lowest BCUT2D eigenvalue weighted by molar-refractivity contribution is 0.192. The SMILES string of the molecule is COCCNC1CCCC(C(C)(C)C)CC1. The van der Waals surface area contributed by atoms with Crippen LogP contribution in [0.4, 0.5) is 0 Å². The summed E-state index contributed by atoms with van der Waals surface area (Å²) in [4.78, 5) is 0. The summed E-state index contributed by atoms with van der Waals surface area (Å²) in [7, 11) is 1.77. The third kappa shape index (κ3) is 4.84. The molecule has 0 heterocycles. The summed E-state index contributed by atoms with van der Waals surface area (Å²) < 4.78 is 5.08. The first kappa shape index (κ1) is 14.0. The van der Waals surface area contributed by atoms with Gasteiger partial charge in [-0.15, -0.1) is 0 Å². The first-order valence-electron chi connectivity index (χ1n) is 6.76. The van der Waals surface area contributed by atoms with Gasteiger partial charge in [0.25, 0.3) is 0 Å². The van der Waals surface area contributed by atoms with E-state index in [9.17, 15) is 0 Å². The standard InChI is InChI=1S/C14H29NO/c1-14(2,3)12-6-5-7-13(9-8-12)15-10-11-16-4/h12-13,15H,5-11H2,1-4H3. The second kappa shape index (κ2) is 6.61. The van der Waals surface area contributed by atoms with Gasteiger partial charge < -0.3 is 10.1 Å². The lowest BCUT2D eigenvalue weighted by Gasteiger charge is -2.29. The Kier molecular flexibility index (Phi) is 5.77. The molecule has 96 valence electrons. The third-order valence-corrected chi connectivity index (χ3v) is 3.93. The lowest BCUT2D eigenvalue weighted by Crippen LogP contribution is -2.31. The molecular formula is C14H29NO. The van der Waals surface area contributed by atoms with Crippen molar-refractivity contribution in [3.8, 4) is 0 Å². The Morgan fingerprint density at radius 3 is 2.50 bits per heavy atom. The van der Waals surface area contributed by atoms with Gasteiger partial charge in [0.05, 0.1) is 6.61 Å². The van der Waals surface area contributed by atoms with E-state index in [4.69, 9.17) is 4.74 Å². The second-order valence-electron chi connectivity index (χ2n) is 6.22. The largest absolute Gasteiger partial charge is 0.383 e. The number of hydrogen-bond donors (Lipinski definition) is 1. The highest BCUT2D eigenvalue weighted by molar-refractivity contribution is 4.81. The lowest BCUT2D eigenvalue weighted by atomic mass is 9.76. The summed E-state index contributed by atoms with van der Waals surface area (Å²) in [6, 6.07) is 0.725. The fraction of sp³-hybridized carbons (Fsp3) is 1.00. The molecule has 0 aromatic heterocycles. The van der Waals surface area contributed by atoms with Gasteiger partial charge in [-0.05, 0) is 37.0 Å². The molecule has 0 amide bonds. The zero-order valence-corrected chi connectivity index (χ0v) is 11.5. The van der Waals surface area contributed by atoms with Crippen LogP contribution in [0.5, 0.6) is 0 Å². The zero-order valence-electron chi connectivity index (χ0n) is 11.5. The van der Waals surface area contributed by atoms with Gasteiger partial charge in [-0.2, -0.15) is 0 Å². The zero-order chi connectivity index (χ0) is 12.0. The second-order valence-corrected chi connectivity index (χ2v) is 6.22. The van der Waals surface area contributed by atoms with E-state index >= 15 is 0 Å². The van der Waals surface area contributed by atoms with Crippen molar-refractivity contribution in [2.45, 2.75) is 58.9 Å². The van der Waals surface area contributed by atoms with Crippen LogP contribution < -0.4 is 5.32 Å². The van der Waals surface area contributed by atoms with Crippen LogP contribution in [0.3, 0.4) is 0 Å². The van der Waals surface area contributed by atoms with Gasteiger partial charge in [0.15, 0.2) is 0 Å². The van der Waals surface area contributed by atoms with Crippen LogP contribution >= 0.6 is 0 Å². The van der Waals surface area contributed by atoms with Crippen molar-refractivity contribution in [2.75, 3.05) is 20.3 Å². The number of hydrogen-bond acceptors (Lipinski definition) is 2. The van der Waals surface area contributed by atoms with Gasteiger partial charge >= 0.3 is 0 Å². The maximum Gasteiger partial charge on any atom is 0.0587 e. The van der Waals surface area contributed by atoms with E-state index in [0.29, 0.717) is 5.41 Å². The predicted molar refractivity (Wildman–Crippen MR) is 69.7 cm³/mol. The third-order valence-electron chi connectivity index (χ3n) is 3.93. The van der Waals surface area contributed by atoms with Crippen molar-refractivity contribution in [3.63, 3.8) is 0 Å². The predicted octanol–water partition coefficient (Wildman–Crippen LogP) is 3.22.